The molecule has 1 aliphatic heterocycles. The zero-order valence-corrected chi connectivity index (χ0v) is 10.8. The third-order valence-electron chi connectivity index (χ3n) is 2.65. The molecule has 1 heterocycles. The van der Waals surface area contributed by atoms with Crippen LogP contribution in [0.1, 0.15) is 0 Å². The van der Waals surface area contributed by atoms with E-state index < -0.39 is 8.53 Å². The molecule has 4 heteroatoms. The van der Waals surface area contributed by atoms with Crippen LogP contribution in [-0.4, -0.2) is 13.2 Å². The SMILES string of the molecule is c1ccc(N(c2ccccc2)P2OCCO2)cc1. The lowest BCUT2D eigenvalue weighted by Crippen LogP contribution is -2.10. The Labute approximate surface area is 108 Å². The molecule has 0 aromatic heterocycles. The third-order valence-corrected chi connectivity index (χ3v) is 4.25. The van der Waals surface area contributed by atoms with Crippen molar-refractivity contribution in [3.05, 3.63) is 60.7 Å². The van der Waals surface area contributed by atoms with Gasteiger partial charge in [-0.05, 0) is 24.3 Å². The minimum Gasteiger partial charge on any atom is -0.315 e. The predicted molar refractivity (Wildman–Crippen MR) is 73.8 cm³/mol. The summed E-state index contributed by atoms with van der Waals surface area (Å²) in [7, 11) is -1.03. The van der Waals surface area contributed by atoms with E-state index in [1.54, 1.807) is 0 Å². The van der Waals surface area contributed by atoms with Crippen molar-refractivity contribution in [3.63, 3.8) is 0 Å². The summed E-state index contributed by atoms with van der Waals surface area (Å²) in [6.07, 6.45) is 0. The van der Waals surface area contributed by atoms with Crippen LogP contribution in [0.15, 0.2) is 60.7 Å². The molecule has 0 N–H and O–H groups in total. The predicted octanol–water partition coefficient (Wildman–Crippen LogP) is 4.10. The number of rotatable bonds is 3. The maximum Gasteiger partial charge on any atom is 0.294 e. The standard InChI is InChI=1S/C14H14NO2P/c1-3-7-13(8-4-1)15(18-16-11-12-17-18)14-9-5-2-6-10-14/h1-10H,11-12H2. The van der Waals surface area contributed by atoms with Crippen molar-refractivity contribution in [2.24, 2.45) is 0 Å². The van der Waals surface area contributed by atoms with Gasteiger partial charge in [-0.15, -0.1) is 0 Å². The van der Waals surface area contributed by atoms with Gasteiger partial charge in [0.1, 0.15) is 0 Å². The molecule has 0 bridgehead atoms. The number of hydrogen-bond acceptors (Lipinski definition) is 3. The molecule has 2 aromatic carbocycles. The van der Waals surface area contributed by atoms with E-state index in [4.69, 9.17) is 9.05 Å². The van der Waals surface area contributed by atoms with Gasteiger partial charge < -0.3 is 9.05 Å². The number of nitrogens with zero attached hydrogens (tertiary/aromatic N) is 1. The first-order chi connectivity index (χ1) is 8.95. The van der Waals surface area contributed by atoms with Crippen molar-refractivity contribution in [3.8, 4) is 0 Å². The lowest BCUT2D eigenvalue weighted by molar-refractivity contribution is 0.365. The van der Waals surface area contributed by atoms with Gasteiger partial charge >= 0.3 is 0 Å². The van der Waals surface area contributed by atoms with Gasteiger partial charge in [0.2, 0.25) is 0 Å². The maximum absolute atomic E-state index is 5.69. The molecule has 0 saturated carbocycles. The van der Waals surface area contributed by atoms with E-state index in [1.807, 2.05) is 36.4 Å². The third kappa shape index (κ3) is 2.39. The molecule has 1 saturated heterocycles. The largest absolute Gasteiger partial charge is 0.315 e. The van der Waals surface area contributed by atoms with Gasteiger partial charge in [-0.25, -0.2) is 0 Å². The van der Waals surface area contributed by atoms with Crippen LogP contribution in [0, 0.1) is 0 Å². The summed E-state index contributed by atoms with van der Waals surface area (Å²) < 4.78 is 13.5. The Kier molecular flexibility index (Phi) is 3.56. The lowest BCUT2D eigenvalue weighted by Gasteiger charge is -2.27. The van der Waals surface area contributed by atoms with E-state index in [9.17, 15) is 0 Å². The quantitative estimate of drug-likeness (QED) is 0.774. The summed E-state index contributed by atoms with van der Waals surface area (Å²) in [5.41, 5.74) is 2.19. The first-order valence-corrected chi connectivity index (χ1v) is 7.04. The molecule has 2 aromatic rings. The van der Waals surface area contributed by atoms with Gasteiger partial charge in [-0.3, -0.25) is 4.67 Å². The van der Waals surface area contributed by atoms with Crippen LogP contribution in [-0.2, 0) is 9.05 Å². The van der Waals surface area contributed by atoms with Gasteiger partial charge in [-0.1, -0.05) is 36.4 Å². The van der Waals surface area contributed by atoms with E-state index in [0.29, 0.717) is 13.2 Å². The molecule has 1 aliphatic rings. The van der Waals surface area contributed by atoms with E-state index in [1.165, 1.54) is 0 Å². The van der Waals surface area contributed by atoms with Crippen LogP contribution in [0.2, 0.25) is 0 Å². The molecule has 0 unspecified atom stereocenters. The topological polar surface area (TPSA) is 21.7 Å². The molecule has 1 fully saturated rings. The average Bonchev–Trinajstić information content (AvgIpc) is 2.95. The minimum absolute atomic E-state index is 0.669. The lowest BCUT2D eigenvalue weighted by atomic mass is 10.3. The highest BCUT2D eigenvalue weighted by Crippen LogP contribution is 2.52. The molecule has 0 spiro atoms. The number of hydrogen-bond donors (Lipinski definition) is 0. The Morgan fingerprint density at radius 1 is 0.722 bits per heavy atom. The Morgan fingerprint density at radius 2 is 1.17 bits per heavy atom. The van der Waals surface area contributed by atoms with E-state index in [-0.39, 0.29) is 0 Å². The van der Waals surface area contributed by atoms with Crippen molar-refractivity contribution in [1.29, 1.82) is 0 Å². The van der Waals surface area contributed by atoms with Crippen molar-refractivity contribution in [1.82, 2.24) is 0 Å². The monoisotopic (exact) mass is 259 g/mol. The molecule has 92 valence electrons. The minimum atomic E-state index is -1.03. The van der Waals surface area contributed by atoms with Crippen LogP contribution in [0.25, 0.3) is 0 Å². The Hall–Kier alpha value is -1.41. The molecular weight excluding hydrogens is 245 g/mol. The second-order valence-electron chi connectivity index (χ2n) is 3.89. The van der Waals surface area contributed by atoms with Crippen molar-refractivity contribution in [2.75, 3.05) is 17.9 Å². The zero-order chi connectivity index (χ0) is 12.2. The second-order valence-corrected chi connectivity index (χ2v) is 5.28. The highest BCUT2D eigenvalue weighted by Gasteiger charge is 2.27. The van der Waals surface area contributed by atoms with E-state index in [0.717, 1.165) is 11.4 Å². The van der Waals surface area contributed by atoms with Crippen molar-refractivity contribution >= 4 is 19.9 Å². The van der Waals surface area contributed by atoms with Crippen LogP contribution in [0.3, 0.4) is 0 Å². The molecule has 0 aliphatic carbocycles. The molecular formula is C14H14NO2P. The average molecular weight is 259 g/mol. The first kappa shape index (κ1) is 11.7. The fraction of sp³-hybridized carbons (Fsp3) is 0.143. The van der Waals surface area contributed by atoms with Gasteiger partial charge in [-0.2, -0.15) is 0 Å². The van der Waals surface area contributed by atoms with Crippen LogP contribution in [0.4, 0.5) is 11.4 Å². The van der Waals surface area contributed by atoms with Crippen LogP contribution in [0.5, 0.6) is 0 Å². The summed E-state index contributed by atoms with van der Waals surface area (Å²) in [6, 6.07) is 20.4. The van der Waals surface area contributed by atoms with Gasteiger partial charge in [0, 0.05) is 11.4 Å². The number of anilines is 2. The molecule has 3 nitrogen and oxygen atoms in total. The first-order valence-electron chi connectivity index (χ1n) is 5.91. The van der Waals surface area contributed by atoms with E-state index in [2.05, 4.69) is 28.9 Å². The van der Waals surface area contributed by atoms with Gasteiger partial charge in [0.05, 0.1) is 13.2 Å². The fourth-order valence-electron chi connectivity index (χ4n) is 1.86. The summed E-state index contributed by atoms with van der Waals surface area (Å²) in [4.78, 5) is 0. The molecule has 18 heavy (non-hydrogen) atoms. The van der Waals surface area contributed by atoms with Crippen molar-refractivity contribution < 1.29 is 9.05 Å². The smallest absolute Gasteiger partial charge is 0.294 e. The number of para-hydroxylation sites is 2. The fourth-order valence-corrected chi connectivity index (χ4v) is 3.27. The van der Waals surface area contributed by atoms with Crippen LogP contribution >= 0.6 is 8.53 Å². The zero-order valence-electron chi connectivity index (χ0n) is 9.90. The van der Waals surface area contributed by atoms with Gasteiger partial charge in [0.15, 0.2) is 0 Å². The molecule has 3 rings (SSSR count). The highest BCUT2D eigenvalue weighted by molar-refractivity contribution is 7.50. The maximum atomic E-state index is 5.69. The van der Waals surface area contributed by atoms with Crippen molar-refractivity contribution in [2.45, 2.75) is 0 Å². The van der Waals surface area contributed by atoms with Crippen LogP contribution < -0.4 is 4.67 Å². The summed E-state index contributed by atoms with van der Waals surface area (Å²) >= 11 is 0. The Bertz CT molecular complexity index is 446. The van der Waals surface area contributed by atoms with E-state index >= 15 is 0 Å². The summed E-state index contributed by atoms with van der Waals surface area (Å²) in [5.74, 6) is 0. The summed E-state index contributed by atoms with van der Waals surface area (Å²) in [6.45, 7) is 1.34. The Morgan fingerprint density at radius 3 is 1.61 bits per heavy atom. The molecule has 0 atom stereocenters. The molecule has 0 amide bonds. The number of benzene rings is 2. The van der Waals surface area contributed by atoms with Gasteiger partial charge in [0.25, 0.3) is 8.53 Å². The second kappa shape index (κ2) is 5.49. The highest BCUT2D eigenvalue weighted by atomic mass is 31.2. The molecule has 0 radical (unpaired) electrons. The normalized spacial score (nSPS) is 15.8. The Balaban J connectivity index is 1.98. The summed E-state index contributed by atoms with van der Waals surface area (Å²) in [5, 5.41) is 0.